The molecule has 3 aromatic rings. The van der Waals surface area contributed by atoms with Gasteiger partial charge in [-0.25, -0.2) is 4.79 Å². The summed E-state index contributed by atoms with van der Waals surface area (Å²) in [6.45, 7) is 5.98. The molecule has 0 fully saturated rings. The molecule has 7 heteroatoms. The van der Waals surface area contributed by atoms with Crippen LogP contribution in [0.2, 0.25) is 0 Å². The van der Waals surface area contributed by atoms with Crippen LogP contribution in [0.4, 0.5) is 5.00 Å². The van der Waals surface area contributed by atoms with Crippen LogP contribution < -0.4 is 10.1 Å². The molecule has 2 aromatic carbocycles. The highest BCUT2D eigenvalue weighted by molar-refractivity contribution is 9.10. The molecular formula is C23H22BrNO4S. The number of hydrogen-bond acceptors (Lipinski definition) is 5. The van der Waals surface area contributed by atoms with E-state index in [2.05, 4.69) is 21.2 Å². The number of carbonyl (C=O) groups is 2. The van der Waals surface area contributed by atoms with Crippen LogP contribution in [0, 0.1) is 0 Å². The molecule has 1 aromatic heterocycles. The third-order valence-electron chi connectivity index (χ3n) is 4.13. The van der Waals surface area contributed by atoms with Gasteiger partial charge in [0.1, 0.15) is 16.3 Å². The summed E-state index contributed by atoms with van der Waals surface area (Å²) in [5.74, 6) is -0.173. The first-order chi connectivity index (χ1) is 14.4. The first kappa shape index (κ1) is 22.1. The molecule has 0 unspecified atom stereocenters. The number of thiophene rings is 1. The molecule has 0 aliphatic heterocycles. The van der Waals surface area contributed by atoms with Crippen LogP contribution in [-0.2, 0) is 4.74 Å². The van der Waals surface area contributed by atoms with Crippen LogP contribution in [0.15, 0.2) is 58.4 Å². The molecular weight excluding hydrogens is 466 g/mol. The Morgan fingerprint density at radius 1 is 1.13 bits per heavy atom. The van der Waals surface area contributed by atoms with Crippen LogP contribution >= 0.6 is 27.3 Å². The van der Waals surface area contributed by atoms with Crippen LogP contribution in [-0.4, -0.2) is 24.6 Å². The van der Waals surface area contributed by atoms with Crippen molar-refractivity contribution in [2.75, 3.05) is 11.9 Å². The Kier molecular flexibility index (Phi) is 7.29. The lowest BCUT2D eigenvalue weighted by atomic mass is 10.0. The molecule has 156 valence electrons. The summed E-state index contributed by atoms with van der Waals surface area (Å²) in [6, 6.07) is 14.6. The van der Waals surface area contributed by atoms with E-state index in [1.807, 2.05) is 36.6 Å². The second-order valence-corrected chi connectivity index (χ2v) is 8.52. The van der Waals surface area contributed by atoms with E-state index in [1.165, 1.54) is 11.3 Å². The first-order valence-corrected chi connectivity index (χ1v) is 11.2. The molecule has 1 amide bonds. The zero-order valence-electron chi connectivity index (χ0n) is 16.9. The molecule has 0 atom stereocenters. The van der Waals surface area contributed by atoms with Gasteiger partial charge in [0.25, 0.3) is 5.91 Å². The molecule has 0 saturated carbocycles. The van der Waals surface area contributed by atoms with Crippen molar-refractivity contribution >= 4 is 44.1 Å². The van der Waals surface area contributed by atoms with Crippen LogP contribution in [0.3, 0.4) is 0 Å². The minimum absolute atomic E-state index is 0.276. The number of carbonyl (C=O) groups excluding carboxylic acids is 2. The first-order valence-electron chi connectivity index (χ1n) is 9.51. The Morgan fingerprint density at radius 2 is 1.87 bits per heavy atom. The van der Waals surface area contributed by atoms with Gasteiger partial charge in [-0.15, -0.1) is 11.3 Å². The number of anilines is 1. The summed E-state index contributed by atoms with van der Waals surface area (Å²) in [4.78, 5) is 25.7. The minimum Gasteiger partial charge on any atom is -0.494 e. The predicted octanol–water partition coefficient (Wildman–Crippen LogP) is 6.39. The largest absolute Gasteiger partial charge is 0.494 e. The Bertz CT molecular complexity index is 1040. The lowest BCUT2D eigenvalue weighted by molar-refractivity contribution is 0.0380. The zero-order valence-corrected chi connectivity index (χ0v) is 19.3. The number of nitrogens with one attached hydrogen (secondary N) is 1. The third kappa shape index (κ3) is 5.29. The molecule has 1 N–H and O–H groups in total. The summed E-state index contributed by atoms with van der Waals surface area (Å²) in [5.41, 5.74) is 2.38. The van der Waals surface area contributed by atoms with Gasteiger partial charge in [-0.1, -0.05) is 34.1 Å². The molecule has 0 aliphatic carbocycles. The lowest BCUT2D eigenvalue weighted by Gasteiger charge is -2.12. The normalized spacial score (nSPS) is 10.7. The molecule has 0 aliphatic rings. The molecule has 30 heavy (non-hydrogen) atoms. The Hall–Kier alpha value is -2.64. The molecule has 0 bridgehead atoms. The van der Waals surface area contributed by atoms with Crippen molar-refractivity contribution in [1.82, 2.24) is 0 Å². The predicted molar refractivity (Wildman–Crippen MR) is 124 cm³/mol. The summed E-state index contributed by atoms with van der Waals surface area (Å²) in [7, 11) is 0. The fourth-order valence-corrected chi connectivity index (χ4v) is 4.05. The van der Waals surface area contributed by atoms with Crippen molar-refractivity contribution in [2.24, 2.45) is 0 Å². The number of benzene rings is 2. The highest BCUT2D eigenvalue weighted by Crippen LogP contribution is 2.37. The van der Waals surface area contributed by atoms with E-state index in [0.717, 1.165) is 15.6 Å². The minimum atomic E-state index is -0.470. The van der Waals surface area contributed by atoms with Gasteiger partial charge in [0, 0.05) is 21.0 Å². The number of hydrogen-bond donors (Lipinski definition) is 1. The maximum absolute atomic E-state index is 12.9. The van der Waals surface area contributed by atoms with Crippen molar-refractivity contribution < 1.29 is 19.1 Å². The van der Waals surface area contributed by atoms with Crippen LogP contribution in [0.25, 0.3) is 11.1 Å². The fourth-order valence-electron chi connectivity index (χ4n) is 2.84. The van der Waals surface area contributed by atoms with E-state index in [4.69, 9.17) is 9.47 Å². The Balaban J connectivity index is 1.95. The van der Waals surface area contributed by atoms with Gasteiger partial charge >= 0.3 is 5.97 Å². The number of halogens is 1. The quantitative estimate of drug-likeness (QED) is 0.391. The molecule has 0 spiro atoms. The summed E-state index contributed by atoms with van der Waals surface area (Å²) in [5, 5.41) is 5.17. The lowest BCUT2D eigenvalue weighted by Crippen LogP contribution is -2.16. The Morgan fingerprint density at radius 3 is 2.53 bits per heavy atom. The average Bonchev–Trinajstić information content (AvgIpc) is 3.12. The number of ether oxygens (including phenoxy) is 2. The van der Waals surface area contributed by atoms with Gasteiger partial charge < -0.3 is 14.8 Å². The van der Waals surface area contributed by atoms with Crippen LogP contribution in [0.5, 0.6) is 5.75 Å². The second-order valence-electron chi connectivity index (χ2n) is 6.73. The third-order valence-corrected chi connectivity index (χ3v) is 5.55. The van der Waals surface area contributed by atoms with E-state index in [9.17, 15) is 9.59 Å². The number of amides is 1. The zero-order chi connectivity index (χ0) is 21.7. The topological polar surface area (TPSA) is 64.6 Å². The highest BCUT2D eigenvalue weighted by atomic mass is 79.9. The monoisotopic (exact) mass is 487 g/mol. The smallest absolute Gasteiger partial charge is 0.342 e. The van der Waals surface area contributed by atoms with Gasteiger partial charge in [-0.05, 0) is 56.7 Å². The van der Waals surface area contributed by atoms with E-state index in [-0.39, 0.29) is 12.0 Å². The van der Waals surface area contributed by atoms with Gasteiger partial charge in [-0.3, -0.25) is 4.79 Å². The van der Waals surface area contributed by atoms with E-state index < -0.39 is 5.97 Å². The maximum Gasteiger partial charge on any atom is 0.342 e. The molecule has 1 heterocycles. The SMILES string of the molecule is CCOc1cccc(C(=O)Nc2scc(-c3ccc(Br)cc3)c2C(=O)OC(C)C)c1. The summed E-state index contributed by atoms with van der Waals surface area (Å²) >= 11 is 4.71. The molecule has 0 radical (unpaired) electrons. The fraction of sp³-hybridized carbons (Fsp3) is 0.217. The van der Waals surface area contributed by atoms with E-state index in [0.29, 0.717) is 28.5 Å². The van der Waals surface area contributed by atoms with Crippen molar-refractivity contribution in [3.05, 3.63) is 69.5 Å². The van der Waals surface area contributed by atoms with Crippen molar-refractivity contribution in [3.63, 3.8) is 0 Å². The second kappa shape index (κ2) is 9.91. The molecule has 0 saturated heterocycles. The van der Waals surface area contributed by atoms with Gasteiger partial charge in [0.05, 0.1) is 12.7 Å². The average molecular weight is 488 g/mol. The highest BCUT2D eigenvalue weighted by Gasteiger charge is 2.24. The van der Waals surface area contributed by atoms with Gasteiger partial charge in [0.2, 0.25) is 0 Å². The van der Waals surface area contributed by atoms with E-state index >= 15 is 0 Å². The van der Waals surface area contributed by atoms with E-state index in [1.54, 1.807) is 38.1 Å². The molecule has 5 nitrogen and oxygen atoms in total. The van der Waals surface area contributed by atoms with Gasteiger partial charge in [0.15, 0.2) is 0 Å². The maximum atomic E-state index is 12.9. The van der Waals surface area contributed by atoms with Crippen molar-refractivity contribution in [3.8, 4) is 16.9 Å². The van der Waals surface area contributed by atoms with Crippen LogP contribution in [0.1, 0.15) is 41.5 Å². The Labute approximate surface area is 188 Å². The molecule has 3 rings (SSSR count). The number of esters is 1. The van der Waals surface area contributed by atoms with Gasteiger partial charge in [-0.2, -0.15) is 0 Å². The van der Waals surface area contributed by atoms with Crippen molar-refractivity contribution in [1.29, 1.82) is 0 Å². The number of rotatable bonds is 7. The standard InChI is InChI=1S/C23H22BrNO4S/c1-4-28-18-7-5-6-16(12-18)21(26)25-22-20(23(27)29-14(2)3)19(13-30-22)15-8-10-17(24)11-9-15/h5-14H,4H2,1-3H3,(H,25,26). The van der Waals surface area contributed by atoms with Crippen molar-refractivity contribution in [2.45, 2.75) is 26.9 Å². The summed E-state index contributed by atoms with van der Waals surface area (Å²) < 4.78 is 11.9. The summed E-state index contributed by atoms with van der Waals surface area (Å²) in [6.07, 6.45) is -0.276.